The van der Waals surface area contributed by atoms with E-state index >= 15 is 0 Å². The van der Waals surface area contributed by atoms with Crippen LogP contribution < -0.4 is 10.1 Å². The van der Waals surface area contributed by atoms with Gasteiger partial charge in [-0.25, -0.2) is 4.68 Å². The minimum Gasteiger partial charge on any atom is -0.497 e. The van der Waals surface area contributed by atoms with Crippen molar-refractivity contribution in [2.45, 2.75) is 13.3 Å². The number of rotatable bonds is 8. The molecule has 6 nitrogen and oxygen atoms in total. The third-order valence-electron chi connectivity index (χ3n) is 4.36. The van der Waals surface area contributed by atoms with Crippen LogP contribution in [0.15, 0.2) is 54.6 Å². The van der Waals surface area contributed by atoms with Crippen LogP contribution >= 0.6 is 0 Å². The maximum absolute atomic E-state index is 12.8. The van der Waals surface area contributed by atoms with Crippen molar-refractivity contribution in [2.24, 2.45) is 0 Å². The predicted molar refractivity (Wildman–Crippen MR) is 109 cm³/mol. The fraction of sp³-hybridized carbons (Fsp3) is 0.273. The minimum atomic E-state index is -0.167. The van der Waals surface area contributed by atoms with E-state index in [0.29, 0.717) is 24.5 Å². The highest BCUT2D eigenvalue weighted by atomic mass is 16.5. The van der Waals surface area contributed by atoms with Gasteiger partial charge in [0.2, 0.25) is 0 Å². The number of aryl methyl sites for hydroxylation is 1. The molecule has 6 heteroatoms. The lowest BCUT2D eigenvalue weighted by Gasteiger charge is -2.09. The zero-order valence-corrected chi connectivity index (χ0v) is 16.4. The number of hydrogen-bond donors (Lipinski definition) is 1. The van der Waals surface area contributed by atoms with E-state index in [1.165, 1.54) is 0 Å². The highest BCUT2D eigenvalue weighted by molar-refractivity contribution is 5.94. The Hall–Kier alpha value is -3.12. The van der Waals surface area contributed by atoms with Crippen LogP contribution in [-0.4, -0.2) is 43.1 Å². The summed E-state index contributed by atoms with van der Waals surface area (Å²) in [7, 11) is 3.28. The number of nitrogens with one attached hydrogen (secondary N) is 1. The summed E-state index contributed by atoms with van der Waals surface area (Å²) in [6, 6.07) is 17.4. The lowest BCUT2D eigenvalue weighted by atomic mass is 10.1. The van der Waals surface area contributed by atoms with Gasteiger partial charge in [-0.1, -0.05) is 24.3 Å². The number of methoxy groups -OCH3 is 2. The Labute approximate surface area is 165 Å². The van der Waals surface area contributed by atoms with Gasteiger partial charge >= 0.3 is 0 Å². The summed E-state index contributed by atoms with van der Waals surface area (Å²) in [5, 5.41) is 7.65. The smallest absolute Gasteiger partial charge is 0.270 e. The second-order valence-electron chi connectivity index (χ2n) is 6.50. The number of benzene rings is 2. The molecule has 1 N–H and O–H groups in total. The normalized spacial score (nSPS) is 10.7. The maximum Gasteiger partial charge on any atom is 0.270 e. The minimum absolute atomic E-state index is 0.167. The first-order valence-corrected chi connectivity index (χ1v) is 9.21. The molecule has 0 bridgehead atoms. The Morgan fingerprint density at radius 3 is 2.68 bits per heavy atom. The first kappa shape index (κ1) is 19.6. The van der Waals surface area contributed by atoms with Crippen molar-refractivity contribution in [1.82, 2.24) is 15.1 Å². The lowest BCUT2D eigenvalue weighted by molar-refractivity contribution is 0.0941. The molecular formula is C22H25N3O3. The monoisotopic (exact) mass is 379 g/mol. The molecule has 0 fully saturated rings. The molecule has 0 aliphatic heterocycles. The van der Waals surface area contributed by atoms with Gasteiger partial charge in [-0.3, -0.25) is 4.79 Å². The summed E-state index contributed by atoms with van der Waals surface area (Å²) < 4.78 is 12.0. The van der Waals surface area contributed by atoms with Crippen molar-refractivity contribution in [2.75, 3.05) is 27.4 Å². The number of nitrogens with zero attached hydrogens (tertiary/aromatic N) is 2. The van der Waals surface area contributed by atoms with Gasteiger partial charge in [-0.05, 0) is 49.2 Å². The second-order valence-corrected chi connectivity index (χ2v) is 6.50. The van der Waals surface area contributed by atoms with Crippen LogP contribution in [0, 0.1) is 6.92 Å². The quantitative estimate of drug-likeness (QED) is 0.607. The summed E-state index contributed by atoms with van der Waals surface area (Å²) in [5.74, 6) is 0.576. The van der Waals surface area contributed by atoms with Gasteiger partial charge in [-0.2, -0.15) is 5.10 Å². The second kappa shape index (κ2) is 9.19. The molecule has 0 aliphatic carbocycles. The molecule has 3 rings (SSSR count). The number of carbonyl (C=O) groups is 1. The van der Waals surface area contributed by atoms with Crippen molar-refractivity contribution in [1.29, 1.82) is 0 Å². The number of carbonyl (C=O) groups excluding carboxylic acids is 1. The molecule has 0 spiro atoms. The van der Waals surface area contributed by atoms with E-state index in [1.807, 2.05) is 61.5 Å². The topological polar surface area (TPSA) is 65.4 Å². The molecular weight excluding hydrogens is 354 g/mol. The van der Waals surface area contributed by atoms with E-state index in [-0.39, 0.29) is 5.91 Å². The Kier molecular flexibility index (Phi) is 6.45. The average Bonchev–Trinajstić information content (AvgIpc) is 3.17. The summed E-state index contributed by atoms with van der Waals surface area (Å²) in [4.78, 5) is 12.8. The molecule has 2 aromatic carbocycles. The van der Waals surface area contributed by atoms with Gasteiger partial charge in [0.25, 0.3) is 5.91 Å². The first-order chi connectivity index (χ1) is 13.6. The van der Waals surface area contributed by atoms with Crippen LogP contribution in [0.25, 0.3) is 16.9 Å². The fourth-order valence-electron chi connectivity index (χ4n) is 2.93. The average molecular weight is 379 g/mol. The molecule has 28 heavy (non-hydrogen) atoms. The molecule has 1 aromatic heterocycles. The number of ether oxygens (including phenoxy) is 2. The van der Waals surface area contributed by atoms with E-state index < -0.39 is 0 Å². The predicted octanol–water partition coefficient (Wildman–Crippen LogP) is 3.62. The van der Waals surface area contributed by atoms with Crippen LogP contribution in [0.2, 0.25) is 0 Å². The Balaban J connectivity index is 1.98. The van der Waals surface area contributed by atoms with Crippen LogP contribution in [0.1, 0.15) is 22.5 Å². The van der Waals surface area contributed by atoms with E-state index in [1.54, 1.807) is 18.9 Å². The van der Waals surface area contributed by atoms with Crippen LogP contribution in [0.3, 0.4) is 0 Å². The molecule has 146 valence electrons. The molecule has 1 amide bonds. The molecule has 1 heterocycles. The first-order valence-electron chi connectivity index (χ1n) is 9.21. The van der Waals surface area contributed by atoms with E-state index in [9.17, 15) is 4.79 Å². The van der Waals surface area contributed by atoms with E-state index in [4.69, 9.17) is 14.6 Å². The largest absolute Gasteiger partial charge is 0.497 e. The van der Waals surface area contributed by atoms with E-state index in [0.717, 1.165) is 29.0 Å². The molecule has 0 saturated heterocycles. The summed E-state index contributed by atoms with van der Waals surface area (Å²) in [6.45, 7) is 3.16. The fourth-order valence-corrected chi connectivity index (χ4v) is 2.93. The molecule has 0 saturated carbocycles. The van der Waals surface area contributed by atoms with Gasteiger partial charge in [0, 0.05) is 25.8 Å². The molecule has 0 aliphatic rings. The summed E-state index contributed by atoms with van der Waals surface area (Å²) in [5.41, 5.74) is 4.03. The third-order valence-corrected chi connectivity index (χ3v) is 4.36. The number of hydrogen-bond acceptors (Lipinski definition) is 4. The Morgan fingerprint density at radius 1 is 1.11 bits per heavy atom. The van der Waals surface area contributed by atoms with E-state index in [2.05, 4.69) is 5.32 Å². The Morgan fingerprint density at radius 2 is 1.93 bits per heavy atom. The number of aromatic nitrogens is 2. The zero-order chi connectivity index (χ0) is 19.9. The van der Waals surface area contributed by atoms with Crippen LogP contribution in [-0.2, 0) is 4.74 Å². The van der Waals surface area contributed by atoms with Crippen molar-refractivity contribution >= 4 is 5.91 Å². The maximum atomic E-state index is 12.8. The van der Waals surface area contributed by atoms with Crippen LogP contribution in [0.4, 0.5) is 0 Å². The summed E-state index contributed by atoms with van der Waals surface area (Å²) >= 11 is 0. The van der Waals surface area contributed by atoms with Gasteiger partial charge in [0.1, 0.15) is 11.4 Å². The van der Waals surface area contributed by atoms with Crippen molar-refractivity contribution < 1.29 is 14.3 Å². The van der Waals surface area contributed by atoms with Crippen molar-refractivity contribution in [3.8, 4) is 22.7 Å². The highest BCUT2D eigenvalue weighted by Gasteiger charge is 2.18. The van der Waals surface area contributed by atoms with Crippen molar-refractivity contribution in [3.63, 3.8) is 0 Å². The summed E-state index contributed by atoms with van der Waals surface area (Å²) in [6.07, 6.45) is 0.754. The number of amides is 1. The zero-order valence-electron chi connectivity index (χ0n) is 16.4. The standard InChI is InChI=1S/C22H25N3O3/c1-16-7-4-9-18(13-16)25-21(22(26)23-11-6-12-27-2)15-20(24-25)17-8-5-10-19(14-17)28-3/h4-5,7-10,13-15H,6,11-12H2,1-3H3,(H,23,26). The Bertz CT molecular complexity index is 950. The molecule has 0 radical (unpaired) electrons. The van der Waals surface area contributed by atoms with Gasteiger partial charge in [0.15, 0.2) is 0 Å². The van der Waals surface area contributed by atoms with Crippen LogP contribution in [0.5, 0.6) is 5.75 Å². The van der Waals surface area contributed by atoms with Gasteiger partial charge in [-0.15, -0.1) is 0 Å². The SMILES string of the molecule is COCCCNC(=O)c1cc(-c2cccc(OC)c2)nn1-c1cccc(C)c1. The molecule has 0 unspecified atom stereocenters. The lowest BCUT2D eigenvalue weighted by Crippen LogP contribution is -2.27. The third kappa shape index (κ3) is 4.58. The molecule has 0 atom stereocenters. The van der Waals surface area contributed by atoms with Gasteiger partial charge in [0.05, 0.1) is 18.5 Å². The molecule has 3 aromatic rings. The van der Waals surface area contributed by atoms with Crippen molar-refractivity contribution in [3.05, 3.63) is 65.9 Å². The highest BCUT2D eigenvalue weighted by Crippen LogP contribution is 2.25. The van der Waals surface area contributed by atoms with Gasteiger partial charge < -0.3 is 14.8 Å².